The highest BCUT2D eigenvalue weighted by molar-refractivity contribution is 4.81. The van der Waals surface area contributed by atoms with Gasteiger partial charge in [0.05, 0.1) is 6.10 Å². The van der Waals surface area contributed by atoms with Crippen LogP contribution in [0.3, 0.4) is 0 Å². The smallest absolute Gasteiger partial charge is 0.0704 e. The normalized spacial score (nSPS) is 42.0. The zero-order chi connectivity index (χ0) is 5.28. The van der Waals surface area contributed by atoms with Crippen molar-refractivity contribution in [2.45, 2.75) is 6.10 Å². The van der Waals surface area contributed by atoms with Crippen molar-refractivity contribution >= 4 is 0 Å². The molecule has 1 rings (SSSR count). The fraction of sp³-hybridized carbons (Fsp3) is 0.800. The second-order valence-electron chi connectivity index (χ2n) is 1.99. The quantitative estimate of drug-likeness (QED) is 0.426. The Balaban J connectivity index is 2.33. The van der Waals surface area contributed by atoms with Crippen LogP contribution in [0.15, 0.2) is 0 Å². The summed E-state index contributed by atoms with van der Waals surface area (Å²) in [5.41, 5.74) is 0. The predicted octanol–water partition coefficient (Wildman–Crippen LogP) is -0.599. The molecule has 1 saturated heterocycles. The first-order valence-electron chi connectivity index (χ1n) is 2.52. The molecule has 1 aliphatic rings. The van der Waals surface area contributed by atoms with Crippen molar-refractivity contribution in [2.24, 2.45) is 5.92 Å². The Morgan fingerprint density at radius 1 is 1.57 bits per heavy atom. The second-order valence-corrected chi connectivity index (χ2v) is 1.99. The van der Waals surface area contributed by atoms with Gasteiger partial charge in [0, 0.05) is 13.1 Å². The lowest BCUT2D eigenvalue weighted by Gasteiger charge is -2.02. The van der Waals surface area contributed by atoms with E-state index in [1.54, 1.807) is 0 Å². The molecule has 0 aromatic carbocycles. The first-order valence-corrected chi connectivity index (χ1v) is 2.52. The van der Waals surface area contributed by atoms with E-state index in [4.69, 9.17) is 5.11 Å². The Labute approximate surface area is 43.5 Å². The van der Waals surface area contributed by atoms with E-state index in [0.717, 1.165) is 6.54 Å². The average molecular weight is 100 g/mol. The molecule has 1 radical (unpaired) electrons. The summed E-state index contributed by atoms with van der Waals surface area (Å²) in [7, 11) is 0. The number of aliphatic hydroxyl groups is 1. The molecule has 1 heterocycles. The van der Waals surface area contributed by atoms with E-state index in [9.17, 15) is 0 Å². The predicted molar refractivity (Wildman–Crippen MR) is 27.7 cm³/mol. The van der Waals surface area contributed by atoms with E-state index in [0.29, 0.717) is 6.54 Å². The number of rotatable bonds is 0. The van der Waals surface area contributed by atoms with E-state index in [-0.39, 0.29) is 12.0 Å². The van der Waals surface area contributed by atoms with Crippen LogP contribution in [0, 0.1) is 12.8 Å². The molecule has 7 heavy (non-hydrogen) atoms. The van der Waals surface area contributed by atoms with Gasteiger partial charge in [0.25, 0.3) is 0 Å². The molecule has 2 heteroatoms. The van der Waals surface area contributed by atoms with Crippen molar-refractivity contribution in [3.63, 3.8) is 0 Å². The van der Waals surface area contributed by atoms with Crippen molar-refractivity contribution < 1.29 is 5.11 Å². The number of β-amino-alcohol motifs (C(OH)–C–C–N with tert-alkyl or cyclic N) is 1. The summed E-state index contributed by atoms with van der Waals surface area (Å²) in [4.78, 5) is 0. The van der Waals surface area contributed by atoms with Crippen molar-refractivity contribution in [3.05, 3.63) is 6.92 Å². The molecular formula is C5H10NO. The van der Waals surface area contributed by atoms with Crippen molar-refractivity contribution in [1.29, 1.82) is 0 Å². The van der Waals surface area contributed by atoms with Gasteiger partial charge in [0.15, 0.2) is 0 Å². The van der Waals surface area contributed by atoms with E-state index in [1.807, 2.05) is 0 Å². The van der Waals surface area contributed by atoms with Crippen LogP contribution < -0.4 is 5.32 Å². The van der Waals surface area contributed by atoms with Gasteiger partial charge in [0.1, 0.15) is 0 Å². The lowest BCUT2D eigenvalue weighted by atomic mass is 10.1. The molecule has 41 valence electrons. The molecule has 0 unspecified atom stereocenters. The first-order chi connectivity index (χ1) is 3.30. The zero-order valence-corrected chi connectivity index (χ0v) is 4.22. The van der Waals surface area contributed by atoms with Crippen LogP contribution in [0.4, 0.5) is 0 Å². The van der Waals surface area contributed by atoms with E-state index >= 15 is 0 Å². The standard InChI is InChI=1S/C5H10NO/c1-4-2-6-3-5(4)7/h4-7H,1-3H2/t4-,5+/m0/s1. The fourth-order valence-corrected chi connectivity index (χ4v) is 0.719. The minimum absolute atomic E-state index is 0.208. The Hall–Kier alpha value is -0.0800. The largest absolute Gasteiger partial charge is 0.391 e. The molecule has 0 aromatic rings. The molecule has 0 spiro atoms. The summed E-state index contributed by atoms with van der Waals surface area (Å²) < 4.78 is 0. The third-order valence-electron chi connectivity index (χ3n) is 1.30. The highest BCUT2D eigenvalue weighted by atomic mass is 16.3. The van der Waals surface area contributed by atoms with Gasteiger partial charge in [-0.3, -0.25) is 0 Å². The molecule has 0 saturated carbocycles. The average Bonchev–Trinajstić information content (AvgIpc) is 1.91. The summed E-state index contributed by atoms with van der Waals surface area (Å²) in [6, 6.07) is 0. The van der Waals surface area contributed by atoms with Gasteiger partial charge in [-0.15, -0.1) is 0 Å². The van der Waals surface area contributed by atoms with Gasteiger partial charge in [-0.1, -0.05) is 0 Å². The van der Waals surface area contributed by atoms with Crippen LogP contribution in [0.2, 0.25) is 0 Å². The molecular weight excluding hydrogens is 90.1 g/mol. The van der Waals surface area contributed by atoms with Gasteiger partial charge < -0.3 is 10.4 Å². The third kappa shape index (κ3) is 0.924. The fourth-order valence-electron chi connectivity index (χ4n) is 0.719. The van der Waals surface area contributed by atoms with Crippen molar-refractivity contribution in [1.82, 2.24) is 5.32 Å². The van der Waals surface area contributed by atoms with Crippen molar-refractivity contribution in [3.8, 4) is 0 Å². The maximum atomic E-state index is 8.87. The molecule has 2 atom stereocenters. The first kappa shape index (κ1) is 5.06. The number of aliphatic hydroxyl groups excluding tert-OH is 1. The number of hydrogen-bond acceptors (Lipinski definition) is 2. The minimum atomic E-state index is -0.208. The van der Waals surface area contributed by atoms with Crippen LogP contribution in [0.5, 0.6) is 0 Å². The molecule has 0 aromatic heterocycles. The zero-order valence-electron chi connectivity index (χ0n) is 4.22. The molecule has 1 aliphatic heterocycles. The second kappa shape index (κ2) is 1.80. The Morgan fingerprint density at radius 2 is 2.29 bits per heavy atom. The van der Waals surface area contributed by atoms with Crippen molar-refractivity contribution in [2.75, 3.05) is 13.1 Å². The van der Waals surface area contributed by atoms with Crippen LogP contribution >= 0.6 is 0 Å². The summed E-state index contributed by atoms with van der Waals surface area (Å²) in [5.74, 6) is 0.208. The Bertz CT molecular complexity index is 57.1. The van der Waals surface area contributed by atoms with Gasteiger partial charge in [-0.05, 0) is 12.8 Å². The molecule has 2 nitrogen and oxygen atoms in total. The summed E-state index contributed by atoms with van der Waals surface area (Å²) in [5, 5.41) is 11.9. The summed E-state index contributed by atoms with van der Waals surface area (Å²) >= 11 is 0. The minimum Gasteiger partial charge on any atom is -0.391 e. The van der Waals surface area contributed by atoms with Crippen LogP contribution in [0.1, 0.15) is 0 Å². The molecule has 0 bridgehead atoms. The SMILES string of the molecule is [CH2][C@H]1CNC[C@H]1O. The lowest BCUT2D eigenvalue weighted by molar-refractivity contribution is 0.166. The Kier molecular flexibility index (Phi) is 1.30. The van der Waals surface area contributed by atoms with Crippen LogP contribution in [-0.4, -0.2) is 24.3 Å². The van der Waals surface area contributed by atoms with E-state index in [2.05, 4.69) is 12.2 Å². The number of nitrogens with one attached hydrogen (secondary N) is 1. The highest BCUT2D eigenvalue weighted by Crippen LogP contribution is 2.04. The number of hydrogen-bond donors (Lipinski definition) is 2. The van der Waals surface area contributed by atoms with Crippen LogP contribution in [-0.2, 0) is 0 Å². The highest BCUT2D eigenvalue weighted by Gasteiger charge is 2.19. The summed E-state index contributed by atoms with van der Waals surface area (Å²) in [6.07, 6.45) is -0.208. The molecule has 0 aliphatic carbocycles. The third-order valence-corrected chi connectivity index (χ3v) is 1.30. The van der Waals surface area contributed by atoms with Gasteiger partial charge in [-0.2, -0.15) is 0 Å². The topological polar surface area (TPSA) is 32.3 Å². The Morgan fingerprint density at radius 3 is 2.43 bits per heavy atom. The van der Waals surface area contributed by atoms with Gasteiger partial charge in [0.2, 0.25) is 0 Å². The molecule has 0 amide bonds. The van der Waals surface area contributed by atoms with E-state index in [1.165, 1.54) is 0 Å². The van der Waals surface area contributed by atoms with Gasteiger partial charge in [-0.25, -0.2) is 0 Å². The van der Waals surface area contributed by atoms with Crippen LogP contribution in [0.25, 0.3) is 0 Å². The monoisotopic (exact) mass is 100 g/mol. The lowest BCUT2D eigenvalue weighted by Crippen LogP contribution is -2.14. The maximum absolute atomic E-state index is 8.87. The van der Waals surface area contributed by atoms with E-state index < -0.39 is 0 Å². The maximum Gasteiger partial charge on any atom is 0.0704 e. The molecule has 2 N–H and O–H groups in total. The van der Waals surface area contributed by atoms with Gasteiger partial charge >= 0.3 is 0 Å². The summed E-state index contributed by atoms with van der Waals surface area (Å²) in [6.45, 7) is 5.28. The molecule has 1 fully saturated rings.